The summed E-state index contributed by atoms with van der Waals surface area (Å²) in [5.41, 5.74) is -1.62. The molecule has 0 atom stereocenters. The molecule has 1 heterocycles. The van der Waals surface area contributed by atoms with Crippen molar-refractivity contribution in [2.75, 3.05) is 5.32 Å². The van der Waals surface area contributed by atoms with Gasteiger partial charge in [-0.1, -0.05) is 12.1 Å². The van der Waals surface area contributed by atoms with Gasteiger partial charge in [-0.05, 0) is 42.5 Å². The standard InChI is InChI=1S/C19H12F4N2O2/c20-15-8-7-12(19(21,22)23)10-16(15)25-18(26)14-5-1-2-6-17(14)27-13-4-3-9-24-11-13/h1-11H,(H,25,26). The molecule has 3 rings (SSSR count). The largest absolute Gasteiger partial charge is 0.455 e. The van der Waals surface area contributed by atoms with E-state index < -0.39 is 29.2 Å². The summed E-state index contributed by atoms with van der Waals surface area (Å²) in [5.74, 6) is -1.28. The molecule has 2 aromatic carbocycles. The molecule has 8 heteroatoms. The SMILES string of the molecule is O=C(Nc1cc(C(F)(F)F)ccc1F)c1ccccc1Oc1cccnc1. The fourth-order valence-corrected chi connectivity index (χ4v) is 2.26. The van der Waals surface area contributed by atoms with Crippen molar-refractivity contribution in [2.24, 2.45) is 0 Å². The number of nitrogens with one attached hydrogen (secondary N) is 1. The maximum Gasteiger partial charge on any atom is 0.416 e. The van der Waals surface area contributed by atoms with Crippen LogP contribution >= 0.6 is 0 Å². The fourth-order valence-electron chi connectivity index (χ4n) is 2.26. The van der Waals surface area contributed by atoms with E-state index in [1.165, 1.54) is 18.3 Å². The number of ether oxygens (including phenoxy) is 1. The predicted molar refractivity (Wildman–Crippen MR) is 90.1 cm³/mol. The van der Waals surface area contributed by atoms with Gasteiger partial charge in [0, 0.05) is 6.20 Å². The fraction of sp³-hybridized carbons (Fsp3) is 0.0526. The van der Waals surface area contributed by atoms with Crippen LogP contribution in [0, 0.1) is 5.82 Å². The van der Waals surface area contributed by atoms with Crippen molar-refractivity contribution in [1.82, 2.24) is 4.98 Å². The van der Waals surface area contributed by atoms with Gasteiger partial charge in [-0.2, -0.15) is 13.2 Å². The molecule has 0 aliphatic rings. The Hall–Kier alpha value is -3.42. The van der Waals surface area contributed by atoms with Crippen molar-refractivity contribution in [2.45, 2.75) is 6.18 Å². The van der Waals surface area contributed by atoms with E-state index in [0.717, 1.165) is 0 Å². The van der Waals surface area contributed by atoms with E-state index in [9.17, 15) is 22.4 Å². The summed E-state index contributed by atoms with van der Waals surface area (Å²) in [6.45, 7) is 0. The van der Waals surface area contributed by atoms with Gasteiger partial charge in [0.1, 0.15) is 17.3 Å². The number of hydrogen-bond acceptors (Lipinski definition) is 3. The summed E-state index contributed by atoms with van der Waals surface area (Å²) in [5, 5.41) is 2.16. The number of anilines is 1. The molecule has 0 fully saturated rings. The third kappa shape index (κ3) is 4.41. The Labute approximate surface area is 151 Å². The van der Waals surface area contributed by atoms with Gasteiger partial charge in [-0.15, -0.1) is 0 Å². The van der Waals surface area contributed by atoms with Gasteiger partial charge >= 0.3 is 6.18 Å². The maximum atomic E-state index is 13.9. The molecule has 0 aliphatic carbocycles. The Morgan fingerprint density at radius 2 is 1.81 bits per heavy atom. The molecule has 3 aromatic rings. The van der Waals surface area contributed by atoms with E-state index >= 15 is 0 Å². The van der Waals surface area contributed by atoms with Crippen LogP contribution in [-0.4, -0.2) is 10.9 Å². The lowest BCUT2D eigenvalue weighted by Crippen LogP contribution is -2.15. The minimum absolute atomic E-state index is 0.0261. The average Bonchev–Trinajstić information content (AvgIpc) is 2.64. The normalized spacial score (nSPS) is 11.1. The van der Waals surface area contributed by atoms with Crippen molar-refractivity contribution in [1.29, 1.82) is 0 Å². The van der Waals surface area contributed by atoms with Crippen LogP contribution in [0.1, 0.15) is 15.9 Å². The molecule has 0 bridgehead atoms. The molecule has 4 nitrogen and oxygen atoms in total. The molecule has 0 saturated carbocycles. The molecule has 0 saturated heterocycles. The molecule has 138 valence electrons. The highest BCUT2D eigenvalue weighted by atomic mass is 19.4. The predicted octanol–water partition coefficient (Wildman–Crippen LogP) is 5.28. The van der Waals surface area contributed by atoms with Crippen molar-refractivity contribution >= 4 is 11.6 Å². The molecule has 0 spiro atoms. The van der Waals surface area contributed by atoms with E-state index in [4.69, 9.17) is 4.74 Å². The highest BCUT2D eigenvalue weighted by Crippen LogP contribution is 2.32. The van der Waals surface area contributed by atoms with Crippen LogP contribution < -0.4 is 10.1 Å². The van der Waals surface area contributed by atoms with Crippen molar-refractivity contribution < 1.29 is 27.1 Å². The first-order valence-electron chi connectivity index (χ1n) is 7.69. The quantitative estimate of drug-likeness (QED) is 0.630. The van der Waals surface area contributed by atoms with Crippen molar-refractivity contribution in [3.05, 3.63) is 83.9 Å². The van der Waals surface area contributed by atoms with Gasteiger partial charge in [-0.25, -0.2) is 4.39 Å². The molecular formula is C19H12F4N2O2. The number of pyridine rings is 1. The number of para-hydroxylation sites is 1. The molecule has 1 aromatic heterocycles. The zero-order chi connectivity index (χ0) is 19.4. The first-order valence-corrected chi connectivity index (χ1v) is 7.69. The van der Waals surface area contributed by atoms with E-state index in [1.54, 1.807) is 30.5 Å². The number of benzene rings is 2. The van der Waals surface area contributed by atoms with Crippen LogP contribution in [0.4, 0.5) is 23.2 Å². The van der Waals surface area contributed by atoms with Crippen LogP contribution in [0.2, 0.25) is 0 Å². The number of carbonyl (C=O) groups excluding carboxylic acids is 1. The average molecular weight is 376 g/mol. The minimum atomic E-state index is -4.66. The van der Waals surface area contributed by atoms with Gasteiger partial charge in [0.05, 0.1) is 23.0 Å². The van der Waals surface area contributed by atoms with Crippen LogP contribution in [0.3, 0.4) is 0 Å². The molecule has 0 radical (unpaired) electrons. The van der Waals surface area contributed by atoms with Crippen molar-refractivity contribution in [3.8, 4) is 11.5 Å². The first kappa shape index (κ1) is 18.4. The lowest BCUT2D eigenvalue weighted by Gasteiger charge is -2.13. The van der Waals surface area contributed by atoms with Crippen LogP contribution in [0.25, 0.3) is 0 Å². The highest BCUT2D eigenvalue weighted by Gasteiger charge is 2.31. The molecule has 1 N–H and O–H groups in total. The monoisotopic (exact) mass is 376 g/mol. The Balaban J connectivity index is 1.87. The van der Waals surface area contributed by atoms with E-state index in [0.29, 0.717) is 23.9 Å². The number of halogens is 4. The number of aromatic nitrogens is 1. The Kier molecular flexibility index (Phi) is 5.07. The topological polar surface area (TPSA) is 51.2 Å². The number of nitrogens with zero attached hydrogens (tertiary/aromatic N) is 1. The van der Waals surface area contributed by atoms with Gasteiger partial charge in [0.15, 0.2) is 0 Å². The third-order valence-electron chi connectivity index (χ3n) is 3.54. The lowest BCUT2D eigenvalue weighted by molar-refractivity contribution is -0.137. The molecule has 0 unspecified atom stereocenters. The van der Waals surface area contributed by atoms with Crippen LogP contribution in [0.15, 0.2) is 67.0 Å². The summed E-state index contributed by atoms with van der Waals surface area (Å²) in [4.78, 5) is 16.4. The van der Waals surface area contributed by atoms with Gasteiger partial charge in [0.2, 0.25) is 0 Å². The zero-order valence-corrected chi connectivity index (χ0v) is 13.6. The zero-order valence-electron chi connectivity index (χ0n) is 13.6. The third-order valence-corrected chi connectivity index (χ3v) is 3.54. The first-order chi connectivity index (χ1) is 12.8. The summed E-state index contributed by atoms with van der Waals surface area (Å²) in [6, 6.07) is 11.1. The minimum Gasteiger partial charge on any atom is -0.455 e. The second-order valence-electron chi connectivity index (χ2n) is 5.43. The highest BCUT2D eigenvalue weighted by molar-refractivity contribution is 6.06. The van der Waals surface area contributed by atoms with Crippen LogP contribution in [-0.2, 0) is 6.18 Å². The Morgan fingerprint density at radius 3 is 2.52 bits per heavy atom. The summed E-state index contributed by atoms with van der Waals surface area (Å²) >= 11 is 0. The second-order valence-corrected chi connectivity index (χ2v) is 5.43. The van der Waals surface area contributed by atoms with E-state index in [1.807, 2.05) is 0 Å². The number of alkyl halides is 3. The summed E-state index contributed by atoms with van der Waals surface area (Å²) in [6.07, 6.45) is -1.68. The summed E-state index contributed by atoms with van der Waals surface area (Å²) in [7, 11) is 0. The smallest absolute Gasteiger partial charge is 0.416 e. The second kappa shape index (κ2) is 7.45. The van der Waals surface area contributed by atoms with E-state index in [2.05, 4.69) is 10.3 Å². The Morgan fingerprint density at radius 1 is 1.04 bits per heavy atom. The maximum absolute atomic E-state index is 13.9. The number of amides is 1. The van der Waals surface area contributed by atoms with Gasteiger partial charge < -0.3 is 10.1 Å². The van der Waals surface area contributed by atoms with Crippen LogP contribution in [0.5, 0.6) is 11.5 Å². The number of carbonyl (C=O) groups is 1. The van der Waals surface area contributed by atoms with Crippen molar-refractivity contribution in [3.63, 3.8) is 0 Å². The molecule has 27 heavy (non-hydrogen) atoms. The number of rotatable bonds is 4. The van der Waals surface area contributed by atoms with Gasteiger partial charge in [-0.3, -0.25) is 9.78 Å². The summed E-state index contributed by atoms with van der Waals surface area (Å²) < 4.78 is 57.9. The van der Waals surface area contributed by atoms with E-state index in [-0.39, 0.29) is 11.3 Å². The molecular weight excluding hydrogens is 364 g/mol. The lowest BCUT2D eigenvalue weighted by atomic mass is 10.1. The van der Waals surface area contributed by atoms with Gasteiger partial charge in [0.25, 0.3) is 5.91 Å². The molecule has 0 aliphatic heterocycles. The molecule has 1 amide bonds. The Bertz CT molecular complexity index is 959. The number of hydrogen-bond donors (Lipinski definition) is 1.